The molecule has 3 rings (SSSR count). The fraction of sp³-hybridized carbons (Fsp3) is 0.0385. The van der Waals surface area contributed by atoms with Gasteiger partial charge < -0.3 is 36.0 Å². The number of para-hydroxylation sites is 1. The predicted octanol–water partition coefficient (Wildman–Crippen LogP) is 3.37. The summed E-state index contributed by atoms with van der Waals surface area (Å²) in [6.45, 7) is 1.22. The van der Waals surface area contributed by atoms with Crippen LogP contribution in [0.25, 0.3) is 5.57 Å². The van der Waals surface area contributed by atoms with Crippen LogP contribution in [-0.2, 0) is 9.59 Å². The molecule has 0 radical (unpaired) electrons. The molecule has 0 saturated carbocycles. The number of hydrogen-bond donors (Lipinski definition) is 6. The Bertz CT molecular complexity index is 1410. The molecule has 0 atom stereocenters. The Morgan fingerprint density at radius 1 is 0.868 bits per heavy atom. The molecule has 12 heteroatoms. The largest absolute Gasteiger partial charge is 0.508 e. The number of carboxylic acids is 3. The number of carboxylic acid groups (broad SMARTS) is 3. The first kappa shape index (κ1) is 30.2. The first-order valence-corrected chi connectivity index (χ1v) is 10.3. The van der Waals surface area contributed by atoms with Gasteiger partial charge in [0.05, 0.1) is 5.57 Å². The summed E-state index contributed by atoms with van der Waals surface area (Å²) in [5.41, 5.74) is 5.85. The smallest absolute Gasteiger partial charge is 0.339 e. The molecule has 0 heterocycles. The van der Waals surface area contributed by atoms with Gasteiger partial charge in [-0.25, -0.2) is 14.4 Å². The van der Waals surface area contributed by atoms with Gasteiger partial charge in [0, 0.05) is 24.8 Å². The van der Waals surface area contributed by atoms with E-state index in [0.29, 0.717) is 11.3 Å². The minimum atomic E-state index is -1.19. The van der Waals surface area contributed by atoms with Crippen LogP contribution in [0.4, 0.5) is 5.69 Å². The summed E-state index contributed by atoms with van der Waals surface area (Å²) >= 11 is 0. The summed E-state index contributed by atoms with van der Waals surface area (Å²) in [6, 6.07) is 17.5. The van der Waals surface area contributed by atoms with Crippen LogP contribution in [0.15, 0.2) is 72.8 Å². The molecule has 3 aromatic rings. The third-order valence-electron chi connectivity index (χ3n) is 4.17. The molecule has 0 saturated heterocycles. The summed E-state index contributed by atoms with van der Waals surface area (Å²) in [5.74, 6) is -4.24. The Kier molecular flexibility index (Phi) is 11.6. The number of phenolic OH excluding ortho intramolecular Hbond substituents is 1. The fourth-order valence-corrected chi connectivity index (χ4v) is 2.59. The second kappa shape index (κ2) is 14.5. The molecule has 0 aromatic heterocycles. The van der Waals surface area contributed by atoms with Gasteiger partial charge in [-0.15, -0.1) is 0 Å². The van der Waals surface area contributed by atoms with E-state index >= 15 is 0 Å². The van der Waals surface area contributed by atoms with Crippen LogP contribution >= 0.6 is 0 Å². The summed E-state index contributed by atoms with van der Waals surface area (Å²) in [6.07, 6.45) is 0.800. The van der Waals surface area contributed by atoms with Crippen LogP contribution in [0.3, 0.4) is 0 Å². The number of carbonyl (C=O) groups excluding carboxylic acids is 1. The molecular weight excluding hydrogens is 500 g/mol. The second-order valence-electron chi connectivity index (χ2n) is 7.04. The number of allylic oxidation sites excluding steroid dienone is 1. The number of aromatic carboxylic acids is 2. The highest BCUT2D eigenvalue weighted by Gasteiger charge is 2.11. The van der Waals surface area contributed by atoms with E-state index in [2.05, 4.69) is 4.74 Å². The molecule has 0 aliphatic heterocycles. The minimum absolute atomic E-state index is 0.00552. The van der Waals surface area contributed by atoms with Crippen molar-refractivity contribution in [1.82, 2.24) is 0 Å². The standard InChI is InChI=1S/C10H7NO3.C9H8O4.C7H7NO3/c11-6-8(5-10(13)14)7-2-1-3-9(12)4-7;1-6(10)13-8-5-3-2-4-7(8)9(11)12;8-4-1-2-5(7(10)11)6(9)3-4/h1-5,12H,(H,13,14);2-5H,1H3,(H,11,12);1-3,9H,8H2,(H,10,11). The van der Waals surface area contributed by atoms with Gasteiger partial charge in [0.1, 0.15) is 34.4 Å². The van der Waals surface area contributed by atoms with E-state index in [9.17, 15) is 19.2 Å². The van der Waals surface area contributed by atoms with Crippen molar-refractivity contribution in [2.24, 2.45) is 0 Å². The van der Waals surface area contributed by atoms with Crippen LogP contribution in [0.5, 0.6) is 17.2 Å². The van der Waals surface area contributed by atoms with Gasteiger partial charge in [-0.3, -0.25) is 4.79 Å². The number of aliphatic carboxylic acids is 1. The number of nitrogens with zero attached hydrogens (tertiary/aromatic N) is 1. The summed E-state index contributed by atoms with van der Waals surface area (Å²) in [5, 5.41) is 52.4. The first-order valence-electron chi connectivity index (χ1n) is 10.3. The molecule has 3 aromatic carbocycles. The van der Waals surface area contributed by atoms with Gasteiger partial charge in [-0.05, 0) is 42.0 Å². The number of carbonyl (C=O) groups is 4. The maximum absolute atomic E-state index is 10.6. The molecule has 0 spiro atoms. The number of aromatic hydroxyl groups is 2. The van der Waals surface area contributed by atoms with Gasteiger partial charge in [-0.2, -0.15) is 5.26 Å². The molecule has 0 unspecified atom stereocenters. The van der Waals surface area contributed by atoms with Crippen molar-refractivity contribution < 1.29 is 49.4 Å². The van der Waals surface area contributed by atoms with Gasteiger partial charge in [0.15, 0.2) is 0 Å². The van der Waals surface area contributed by atoms with Crippen LogP contribution in [0, 0.1) is 11.3 Å². The second-order valence-corrected chi connectivity index (χ2v) is 7.04. The van der Waals surface area contributed by atoms with Crippen LogP contribution in [0.1, 0.15) is 33.2 Å². The molecule has 0 aliphatic carbocycles. The molecule has 38 heavy (non-hydrogen) atoms. The lowest BCUT2D eigenvalue weighted by Crippen LogP contribution is -2.06. The van der Waals surface area contributed by atoms with Crippen LogP contribution in [-0.4, -0.2) is 49.4 Å². The Balaban J connectivity index is 0.000000287. The third kappa shape index (κ3) is 10.2. The van der Waals surface area contributed by atoms with Crippen molar-refractivity contribution in [3.05, 3.63) is 89.5 Å². The molecule has 196 valence electrons. The lowest BCUT2D eigenvalue weighted by atomic mass is 10.1. The number of ether oxygens (including phenoxy) is 1. The maximum atomic E-state index is 10.6. The zero-order chi connectivity index (χ0) is 28.8. The summed E-state index contributed by atoms with van der Waals surface area (Å²) in [4.78, 5) is 41.9. The Labute approximate surface area is 215 Å². The number of nitrogens with two attached hydrogens (primary N) is 1. The maximum Gasteiger partial charge on any atom is 0.339 e. The third-order valence-corrected chi connectivity index (χ3v) is 4.17. The average Bonchev–Trinajstić information content (AvgIpc) is 2.83. The highest BCUT2D eigenvalue weighted by molar-refractivity contribution is 5.94. The SMILES string of the molecule is CC(=O)Oc1ccccc1C(=O)O.N#CC(=CC(=O)O)c1cccc(O)c1.Nc1ccc(C(=O)O)c(O)c1. The van der Waals surface area contributed by atoms with Crippen molar-refractivity contribution in [2.75, 3.05) is 5.73 Å². The number of benzene rings is 3. The summed E-state index contributed by atoms with van der Waals surface area (Å²) in [7, 11) is 0. The molecule has 12 nitrogen and oxygen atoms in total. The highest BCUT2D eigenvalue weighted by Crippen LogP contribution is 2.20. The molecule has 7 N–H and O–H groups in total. The summed E-state index contributed by atoms with van der Waals surface area (Å²) < 4.78 is 4.69. The Morgan fingerprint density at radius 3 is 2.00 bits per heavy atom. The molecule has 0 bridgehead atoms. The molecule has 0 fully saturated rings. The zero-order valence-corrected chi connectivity index (χ0v) is 19.7. The van der Waals surface area contributed by atoms with E-state index in [1.165, 1.54) is 55.5 Å². The lowest BCUT2D eigenvalue weighted by molar-refractivity contribution is -0.132. The van der Waals surface area contributed by atoms with Crippen molar-refractivity contribution >= 4 is 35.1 Å². The monoisotopic (exact) mass is 522 g/mol. The fourth-order valence-electron chi connectivity index (χ4n) is 2.59. The molecule has 0 amide bonds. The Morgan fingerprint density at radius 2 is 1.50 bits per heavy atom. The van der Waals surface area contributed by atoms with Crippen LogP contribution in [0.2, 0.25) is 0 Å². The van der Waals surface area contributed by atoms with Crippen molar-refractivity contribution in [3.8, 4) is 23.3 Å². The molecule has 0 aliphatic rings. The topological polar surface area (TPSA) is 228 Å². The number of nitriles is 1. The zero-order valence-electron chi connectivity index (χ0n) is 19.7. The van der Waals surface area contributed by atoms with E-state index in [4.69, 9.17) is 36.5 Å². The van der Waals surface area contributed by atoms with Gasteiger partial charge in [0.2, 0.25) is 0 Å². The number of hydrogen-bond acceptors (Lipinski definition) is 9. The first-order chi connectivity index (χ1) is 17.8. The number of rotatable bonds is 5. The van der Waals surface area contributed by atoms with Crippen molar-refractivity contribution in [3.63, 3.8) is 0 Å². The van der Waals surface area contributed by atoms with E-state index < -0.39 is 23.9 Å². The number of phenols is 2. The molecular formula is C26H22N2O10. The van der Waals surface area contributed by atoms with Crippen molar-refractivity contribution in [2.45, 2.75) is 6.92 Å². The normalized spacial score (nSPS) is 9.84. The van der Waals surface area contributed by atoms with Crippen molar-refractivity contribution in [1.29, 1.82) is 5.26 Å². The number of anilines is 1. The van der Waals surface area contributed by atoms with Gasteiger partial charge in [-0.1, -0.05) is 24.3 Å². The van der Waals surface area contributed by atoms with E-state index in [0.717, 1.165) is 6.08 Å². The van der Waals surface area contributed by atoms with Gasteiger partial charge in [0.25, 0.3) is 0 Å². The predicted molar refractivity (Wildman–Crippen MR) is 134 cm³/mol. The average molecular weight is 522 g/mol. The van der Waals surface area contributed by atoms with E-state index in [1.807, 2.05) is 0 Å². The minimum Gasteiger partial charge on any atom is -0.508 e. The lowest BCUT2D eigenvalue weighted by Gasteiger charge is -2.03. The number of nitrogen functional groups attached to an aromatic ring is 1. The van der Waals surface area contributed by atoms with Crippen LogP contribution < -0.4 is 10.5 Å². The van der Waals surface area contributed by atoms with Gasteiger partial charge >= 0.3 is 23.9 Å². The Hall–Kier alpha value is -5.83. The quantitative estimate of drug-likeness (QED) is 0.0931. The van der Waals surface area contributed by atoms with E-state index in [-0.39, 0.29) is 33.9 Å². The number of esters is 1. The highest BCUT2D eigenvalue weighted by atomic mass is 16.5. The van der Waals surface area contributed by atoms with E-state index in [1.54, 1.807) is 24.3 Å².